The van der Waals surface area contributed by atoms with Gasteiger partial charge in [-0.15, -0.1) is 0 Å². The first kappa shape index (κ1) is 11.7. The van der Waals surface area contributed by atoms with E-state index < -0.39 is 12.0 Å². The van der Waals surface area contributed by atoms with Crippen molar-refractivity contribution in [2.45, 2.75) is 18.9 Å². The molecule has 0 aliphatic carbocycles. The SMILES string of the molecule is O=C(O)[C@@H]1CCC(=O)N(c2nc3ccccc3[nH]2)N1. The van der Waals surface area contributed by atoms with Gasteiger partial charge in [0.25, 0.3) is 0 Å². The van der Waals surface area contributed by atoms with E-state index in [1.165, 1.54) is 5.01 Å². The van der Waals surface area contributed by atoms with Crippen molar-refractivity contribution in [2.75, 3.05) is 5.01 Å². The molecule has 0 unspecified atom stereocenters. The van der Waals surface area contributed by atoms with Gasteiger partial charge in [0, 0.05) is 6.42 Å². The summed E-state index contributed by atoms with van der Waals surface area (Å²) < 4.78 is 0. The predicted molar refractivity (Wildman–Crippen MR) is 67.4 cm³/mol. The summed E-state index contributed by atoms with van der Waals surface area (Å²) in [5, 5.41) is 10.2. The van der Waals surface area contributed by atoms with Crippen molar-refractivity contribution >= 4 is 28.9 Å². The molecule has 3 rings (SSSR count). The van der Waals surface area contributed by atoms with Gasteiger partial charge in [0.05, 0.1) is 11.0 Å². The molecule has 1 aromatic heterocycles. The number of carboxylic acid groups (broad SMARTS) is 1. The van der Waals surface area contributed by atoms with Crippen LogP contribution in [0, 0.1) is 0 Å². The van der Waals surface area contributed by atoms with Gasteiger partial charge in [-0.3, -0.25) is 9.59 Å². The lowest BCUT2D eigenvalue weighted by molar-refractivity contribution is -0.140. The number of carbonyl (C=O) groups excluding carboxylic acids is 1. The number of carbonyl (C=O) groups is 2. The van der Waals surface area contributed by atoms with Gasteiger partial charge in [-0.2, -0.15) is 0 Å². The monoisotopic (exact) mass is 260 g/mol. The van der Waals surface area contributed by atoms with E-state index in [4.69, 9.17) is 5.11 Å². The second kappa shape index (κ2) is 4.36. The number of carboxylic acids is 1. The number of aromatic amines is 1. The van der Waals surface area contributed by atoms with Crippen molar-refractivity contribution in [3.63, 3.8) is 0 Å². The van der Waals surface area contributed by atoms with E-state index >= 15 is 0 Å². The van der Waals surface area contributed by atoms with Crippen LogP contribution in [0.5, 0.6) is 0 Å². The number of nitrogens with zero attached hydrogens (tertiary/aromatic N) is 2. The van der Waals surface area contributed by atoms with Crippen LogP contribution < -0.4 is 10.4 Å². The molecule has 7 nitrogen and oxygen atoms in total. The lowest BCUT2D eigenvalue weighted by atomic mass is 10.1. The number of hydrogen-bond donors (Lipinski definition) is 3. The zero-order valence-corrected chi connectivity index (χ0v) is 9.96. The minimum atomic E-state index is -0.978. The van der Waals surface area contributed by atoms with Crippen molar-refractivity contribution < 1.29 is 14.7 Å². The zero-order valence-electron chi connectivity index (χ0n) is 9.96. The molecule has 2 heterocycles. The first-order valence-corrected chi connectivity index (χ1v) is 5.92. The van der Waals surface area contributed by atoms with E-state index in [1.54, 1.807) is 0 Å². The molecule has 98 valence electrons. The van der Waals surface area contributed by atoms with E-state index in [-0.39, 0.29) is 18.7 Å². The molecule has 1 amide bonds. The second-order valence-corrected chi connectivity index (χ2v) is 4.37. The van der Waals surface area contributed by atoms with Crippen molar-refractivity contribution in [2.24, 2.45) is 0 Å². The average Bonchev–Trinajstić information content (AvgIpc) is 2.82. The minimum Gasteiger partial charge on any atom is -0.480 e. The van der Waals surface area contributed by atoms with Crippen LogP contribution in [-0.4, -0.2) is 33.0 Å². The topological polar surface area (TPSA) is 98.3 Å². The third-order valence-corrected chi connectivity index (χ3v) is 3.07. The molecule has 1 atom stereocenters. The molecule has 1 saturated heterocycles. The molecule has 1 aliphatic rings. The Kier molecular flexibility index (Phi) is 2.68. The second-order valence-electron chi connectivity index (χ2n) is 4.37. The molecule has 1 aromatic carbocycles. The normalized spacial score (nSPS) is 19.9. The molecular formula is C12H12N4O3. The summed E-state index contributed by atoms with van der Waals surface area (Å²) in [6.45, 7) is 0. The molecule has 1 fully saturated rings. The number of amides is 1. The van der Waals surface area contributed by atoms with Crippen LogP contribution in [0.1, 0.15) is 12.8 Å². The Morgan fingerprint density at radius 3 is 2.95 bits per heavy atom. The van der Waals surface area contributed by atoms with Crippen molar-refractivity contribution in [3.05, 3.63) is 24.3 Å². The fourth-order valence-corrected chi connectivity index (χ4v) is 2.08. The molecule has 3 N–H and O–H groups in total. The lowest BCUT2D eigenvalue weighted by Crippen LogP contribution is -2.56. The number of hydrogen-bond acceptors (Lipinski definition) is 4. The van der Waals surface area contributed by atoms with Gasteiger partial charge >= 0.3 is 5.97 Å². The maximum Gasteiger partial charge on any atom is 0.322 e. The number of fused-ring (bicyclic) bond motifs is 1. The maximum atomic E-state index is 11.9. The van der Waals surface area contributed by atoms with E-state index in [0.29, 0.717) is 5.95 Å². The predicted octanol–water partition coefficient (Wildman–Crippen LogP) is 0.647. The van der Waals surface area contributed by atoms with Crippen molar-refractivity contribution in [1.82, 2.24) is 15.4 Å². The third-order valence-electron chi connectivity index (χ3n) is 3.07. The Hall–Kier alpha value is -2.41. The fourth-order valence-electron chi connectivity index (χ4n) is 2.08. The number of aliphatic carboxylic acids is 1. The number of imidazole rings is 1. The van der Waals surface area contributed by atoms with Crippen LogP contribution in [0.4, 0.5) is 5.95 Å². The third kappa shape index (κ3) is 2.04. The smallest absolute Gasteiger partial charge is 0.322 e. The highest BCUT2D eigenvalue weighted by Crippen LogP contribution is 2.19. The lowest BCUT2D eigenvalue weighted by Gasteiger charge is -2.29. The number of hydrazine groups is 1. The number of para-hydroxylation sites is 2. The summed E-state index contributed by atoms with van der Waals surface area (Å²) in [6.07, 6.45) is 0.464. The minimum absolute atomic E-state index is 0.182. The molecule has 2 aromatic rings. The van der Waals surface area contributed by atoms with Gasteiger partial charge in [0.2, 0.25) is 11.9 Å². The summed E-state index contributed by atoms with van der Waals surface area (Å²) in [6, 6.07) is 6.59. The van der Waals surface area contributed by atoms with Crippen LogP contribution in [0.2, 0.25) is 0 Å². The number of benzene rings is 1. The molecule has 1 aliphatic heterocycles. The van der Waals surface area contributed by atoms with E-state index in [0.717, 1.165) is 11.0 Å². The Labute approximate surface area is 108 Å². The Bertz CT molecular complexity index is 618. The number of rotatable bonds is 2. The highest BCUT2D eigenvalue weighted by Gasteiger charge is 2.31. The van der Waals surface area contributed by atoms with Gasteiger partial charge in [0.15, 0.2) is 0 Å². The number of aromatic nitrogens is 2. The Morgan fingerprint density at radius 2 is 2.21 bits per heavy atom. The van der Waals surface area contributed by atoms with Gasteiger partial charge in [-0.25, -0.2) is 15.4 Å². The summed E-state index contributed by atoms with van der Waals surface area (Å²) >= 11 is 0. The molecule has 7 heteroatoms. The molecule has 19 heavy (non-hydrogen) atoms. The highest BCUT2D eigenvalue weighted by atomic mass is 16.4. The standard InChI is InChI=1S/C12H12N4O3/c17-10-6-5-9(11(18)19)15-16(10)12-13-7-3-1-2-4-8(7)14-12/h1-4,9,15H,5-6H2,(H,13,14)(H,18,19)/t9-/m0/s1. The van der Waals surface area contributed by atoms with Crippen LogP contribution in [0.25, 0.3) is 11.0 Å². The Morgan fingerprint density at radius 1 is 1.42 bits per heavy atom. The molecule has 0 radical (unpaired) electrons. The summed E-state index contributed by atoms with van der Waals surface area (Å²) in [5.41, 5.74) is 4.19. The van der Waals surface area contributed by atoms with Crippen molar-refractivity contribution in [1.29, 1.82) is 0 Å². The number of anilines is 1. The van der Waals surface area contributed by atoms with Gasteiger partial charge < -0.3 is 10.1 Å². The zero-order chi connectivity index (χ0) is 13.4. The fraction of sp³-hybridized carbons (Fsp3) is 0.250. The largest absolute Gasteiger partial charge is 0.480 e. The van der Waals surface area contributed by atoms with Crippen LogP contribution in [0.3, 0.4) is 0 Å². The molecule has 0 bridgehead atoms. The van der Waals surface area contributed by atoms with E-state index in [2.05, 4.69) is 15.4 Å². The van der Waals surface area contributed by atoms with Crippen LogP contribution in [-0.2, 0) is 9.59 Å². The number of nitrogens with one attached hydrogen (secondary N) is 2. The molecular weight excluding hydrogens is 248 g/mol. The van der Waals surface area contributed by atoms with Gasteiger partial charge in [0.1, 0.15) is 6.04 Å². The van der Waals surface area contributed by atoms with E-state index in [1.807, 2.05) is 24.3 Å². The first-order chi connectivity index (χ1) is 9.15. The molecule has 0 spiro atoms. The summed E-state index contributed by atoms with van der Waals surface area (Å²) in [4.78, 5) is 30.1. The first-order valence-electron chi connectivity index (χ1n) is 5.92. The maximum absolute atomic E-state index is 11.9. The van der Waals surface area contributed by atoms with Gasteiger partial charge in [-0.05, 0) is 18.6 Å². The average molecular weight is 260 g/mol. The van der Waals surface area contributed by atoms with Crippen molar-refractivity contribution in [3.8, 4) is 0 Å². The quantitative estimate of drug-likeness (QED) is 0.736. The van der Waals surface area contributed by atoms with Crippen LogP contribution >= 0.6 is 0 Å². The summed E-state index contributed by atoms with van der Waals surface area (Å²) in [7, 11) is 0. The van der Waals surface area contributed by atoms with Gasteiger partial charge in [-0.1, -0.05) is 12.1 Å². The highest BCUT2D eigenvalue weighted by molar-refractivity contribution is 5.94. The Balaban J connectivity index is 1.94. The summed E-state index contributed by atoms with van der Waals surface area (Å²) in [5.74, 6) is -0.859. The van der Waals surface area contributed by atoms with E-state index in [9.17, 15) is 9.59 Å². The number of H-pyrrole nitrogens is 1. The van der Waals surface area contributed by atoms with Crippen LogP contribution in [0.15, 0.2) is 24.3 Å². The molecule has 0 saturated carbocycles.